The molecule has 0 saturated heterocycles. The van der Waals surface area contributed by atoms with Crippen molar-refractivity contribution < 1.29 is 9.59 Å². The number of hydrogen-bond acceptors (Lipinski definition) is 2. The van der Waals surface area contributed by atoms with Crippen LogP contribution in [0.15, 0.2) is 48.5 Å². The maximum Gasteiger partial charge on any atom is 0.313 e. The fraction of sp³-hybridized carbons (Fsp3) is 0.200. The number of aromatic nitrogens is 1. The van der Waals surface area contributed by atoms with Crippen LogP contribution >= 0.6 is 0 Å². The molecule has 0 aliphatic heterocycles. The van der Waals surface area contributed by atoms with Gasteiger partial charge in [-0.15, -0.1) is 0 Å². The molecule has 0 aliphatic carbocycles. The van der Waals surface area contributed by atoms with Crippen molar-refractivity contribution in [3.8, 4) is 0 Å². The number of aryl methyl sites for hydroxylation is 2. The molecule has 0 saturated carbocycles. The van der Waals surface area contributed by atoms with Crippen molar-refractivity contribution in [1.82, 2.24) is 10.3 Å². The lowest BCUT2D eigenvalue weighted by molar-refractivity contribution is -0.136. The van der Waals surface area contributed by atoms with E-state index in [1.165, 1.54) is 0 Å². The van der Waals surface area contributed by atoms with Gasteiger partial charge in [0.15, 0.2) is 0 Å². The number of fused-ring (bicyclic) bond motifs is 1. The first-order valence-corrected chi connectivity index (χ1v) is 8.26. The minimum atomic E-state index is -0.653. The Kier molecular flexibility index (Phi) is 4.84. The van der Waals surface area contributed by atoms with E-state index >= 15 is 0 Å². The molecule has 0 spiro atoms. The Balaban J connectivity index is 1.56. The van der Waals surface area contributed by atoms with Gasteiger partial charge in [0.2, 0.25) is 0 Å². The summed E-state index contributed by atoms with van der Waals surface area (Å²) in [6.07, 6.45) is 0.666. The number of carbonyl (C=O) groups excluding carboxylic acids is 2. The monoisotopic (exact) mass is 335 g/mol. The van der Waals surface area contributed by atoms with Crippen LogP contribution < -0.4 is 10.6 Å². The number of H-pyrrole nitrogens is 1. The SMILES string of the molecule is Cc1ccc(NC(=O)C(=O)NCCc2c(C)[nH]c3ccccc23)cc1. The van der Waals surface area contributed by atoms with Crippen molar-refractivity contribution >= 4 is 28.4 Å². The average molecular weight is 335 g/mol. The first-order chi connectivity index (χ1) is 12.0. The second-order valence-electron chi connectivity index (χ2n) is 6.10. The fourth-order valence-electron chi connectivity index (χ4n) is 2.86. The van der Waals surface area contributed by atoms with Crippen LogP contribution in [0.4, 0.5) is 5.69 Å². The Labute approximate surface area is 146 Å². The summed E-state index contributed by atoms with van der Waals surface area (Å²) in [7, 11) is 0. The van der Waals surface area contributed by atoms with Gasteiger partial charge in [-0.25, -0.2) is 0 Å². The summed E-state index contributed by atoms with van der Waals surface area (Å²) in [4.78, 5) is 27.2. The van der Waals surface area contributed by atoms with Crippen LogP contribution in [-0.2, 0) is 16.0 Å². The minimum absolute atomic E-state index is 0.406. The zero-order valence-electron chi connectivity index (χ0n) is 14.3. The zero-order chi connectivity index (χ0) is 17.8. The smallest absolute Gasteiger partial charge is 0.313 e. The third-order valence-electron chi connectivity index (χ3n) is 4.20. The highest BCUT2D eigenvalue weighted by Crippen LogP contribution is 2.21. The molecule has 3 N–H and O–H groups in total. The number of aromatic amines is 1. The molecular formula is C20H21N3O2. The Hall–Kier alpha value is -3.08. The van der Waals surface area contributed by atoms with Crippen molar-refractivity contribution in [2.75, 3.05) is 11.9 Å². The summed E-state index contributed by atoms with van der Waals surface area (Å²) in [5.41, 5.74) is 5.03. The molecule has 2 amide bonds. The maximum atomic E-state index is 12.0. The molecule has 128 valence electrons. The van der Waals surface area contributed by atoms with Gasteiger partial charge in [-0.3, -0.25) is 9.59 Å². The van der Waals surface area contributed by atoms with Crippen LogP contribution in [0.5, 0.6) is 0 Å². The van der Waals surface area contributed by atoms with E-state index < -0.39 is 11.8 Å². The van der Waals surface area contributed by atoms with Crippen molar-refractivity contribution in [3.05, 3.63) is 65.4 Å². The van der Waals surface area contributed by atoms with E-state index in [9.17, 15) is 9.59 Å². The summed E-state index contributed by atoms with van der Waals surface area (Å²) in [6.45, 7) is 4.38. The molecule has 0 aliphatic rings. The Bertz CT molecular complexity index is 910. The molecule has 0 unspecified atom stereocenters. The highest BCUT2D eigenvalue weighted by Gasteiger charge is 2.14. The van der Waals surface area contributed by atoms with Gasteiger partial charge < -0.3 is 15.6 Å². The Morgan fingerprint density at radius 2 is 1.68 bits per heavy atom. The van der Waals surface area contributed by atoms with E-state index in [0.29, 0.717) is 18.7 Å². The molecule has 3 rings (SSSR count). The van der Waals surface area contributed by atoms with Gasteiger partial charge >= 0.3 is 11.8 Å². The summed E-state index contributed by atoms with van der Waals surface area (Å²) in [5.74, 6) is -1.28. The number of amides is 2. The molecular weight excluding hydrogens is 314 g/mol. The third-order valence-corrected chi connectivity index (χ3v) is 4.20. The summed E-state index contributed by atoms with van der Waals surface area (Å²) < 4.78 is 0. The number of benzene rings is 2. The lowest BCUT2D eigenvalue weighted by Crippen LogP contribution is -2.36. The van der Waals surface area contributed by atoms with Gasteiger partial charge in [-0.2, -0.15) is 0 Å². The molecule has 0 radical (unpaired) electrons. The number of anilines is 1. The molecule has 1 aromatic heterocycles. The number of nitrogens with one attached hydrogen (secondary N) is 3. The second-order valence-corrected chi connectivity index (χ2v) is 6.10. The van der Waals surface area contributed by atoms with Gasteiger partial charge in [0.25, 0.3) is 0 Å². The molecule has 3 aromatic rings. The Morgan fingerprint density at radius 1 is 0.960 bits per heavy atom. The molecule has 25 heavy (non-hydrogen) atoms. The maximum absolute atomic E-state index is 12.0. The highest BCUT2D eigenvalue weighted by atomic mass is 16.2. The predicted octanol–water partition coefficient (Wildman–Crippen LogP) is 3.08. The normalized spacial score (nSPS) is 10.6. The van der Waals surface area contributed by atoms with Crippen LogP contribution in [0.25, 0.3) is 10.9 Å². The molecule has 0 atom stereocenters. The average Bonchev–Trinajstić information content (AvgIpc) is 2.92. The van der Waals surface area contributed by atoms with Gasteiger partial charge in [0, 0.05) is 28.8 Å². The number of carbonyl (C=O) groups is 2. The molecule has 0 bridgehead atoms. The van der Waals surface area contributed by atoms with E-state index in [-0.39, 0.29) is 0 Å². The number of para-hydroxylation sites is 1. The minimum Gasteiger partial charge on any atom is -0.358 e. The van der Waals surface area contributed by atoms with Crippen molar-refractivity contribution in [1.29, 1.82) is 0 Å². The van der Waals surface area contributed by atoms with E-state index in [1.807, 2.05) is 44.2 Å². The first kappa shape index (κ1) is 16.8. The van der Waals surface area contributed by atoms with Crippen LogP contribution in [0.3, 0.4) is 0 Å². The van der Waals surface area contributed by atoms with Crippen molar-refractivity contribution in [3.63, 3.8) is 0 Å². The molecule has 1 heterocycles. The highest BCUT2D eigenvalue weighted by molar-refractivity contribution is 6.39. The number of rotatable bonds is 4. The van der Waals surface area contributed by atoms with Crippen LogP contribution in [0, 0.1) is 13.8 Å². The molecule has 5 nitrogen and oxygen atoms in total. The largest absolute Gasteiger partial charge is 0.358 e. The molecule has 0 fully saturated rings. The number of hydrogen-bond donors (Lipinski definition) is 3. The van der Waals surface area contributed by atoms with Crippen LogP contribution in [-0.4, -0.2) is 23.3 Å². The van der Waals surface area contributed by atoms with Crippen molar-refractivity contribution in [2.45, 2.75) is 20.3 Å². The first-order valence-electron chi connectivity index (χ1n) is 8.26. The second kappa shape index (κ2) is 7.21. The summed E-state index contributed by atoms with van der Waals surface area (Å²) >= 11 is 0. The lowest BCUT2D eigenvalue weighted by Gasteiger charge is -2.07. The lowest BCUT2D eigenvalue weighted by atomic mass is 10.1. The van der Waals surface area contributed by atoms with Gasteiger partial charge in [-0.1, -0.05) is 35.9 Å². The van der Waals surface area contributed by atoms with E-state index in [0.717, 1.165) is 27.7 Å². The summed E-state index contributed by atoms with van der Waals surface area (Å²) in [6, 6.07) is 15.4. The van der Waals surface area contributed by atoms with Crippen LogP contribution in [0.1, 0.15) is 16.8 Å². The van der Waals surface area contributed by atoms with Crippen molar-refractivity contribution in [2.24, 2.45) is 0 Å². The fourth-order valence-corrected chi connectivity index (χ4v) is 2.86. The standard InChI is InChI=1S/C20H21N3O2/c1-13-7-9-15(10-8-13)23-20(25)19(24)21-12-11-16-14(2)22-18-6-4-3-5-17(16)18/h3-10,22H,11-12H2,1-2H3,(H,21,24)(H,23,25). The predicted molar refractivity (Wildman–Crippen MR) is 99.6 cm³/mol. The van der Waals surface area contributed by atoms with Gasteiger partial charge in [0.05, 0.1) is 0 Å². The zero-order valence-corrected chi connectivity index (χ0v) is 14.3. The van der Waals surface area contributed by atoms with Crippen LogP contribution in [0.2, 0.25) is 0 Å². The summed E-state index contributed by atoms with van der Waals surface area (Å²) in [5, 5.41) is 6.43. The van der Waals surface area contributed by atoms with E-state index in [2.05, 4.69) is 21.7 Å². The van der Waals surface area contributed by atoms with E-state index in [1.54, 1.807) is 12.1 Å². The van der Waals surface area contributed by atoms with Gasteiger partial charge in [-0.05, 0) is 44.0 Å². The van der Waals surface area contributed by atoms with E-state index in [4.69, 9.17) is 0 Å². The Morgan fingerprint density at radius 3 is 2.44 bits per heavy atom. The topological polar surface area (TPSA) is 74.0 Å². The molecule has 2 aromatic carbocycles. The quantitative estimate of drug-likeness (QED) is 0.641. The molecule has 5 heteroatoms. The third kappa shape index (κ3) is 3.88. The van der Waals surface area contributed by atoms with Gasteiger partial charge in [0.1, 0.15) is 0 Å².